The van der Waals surface area contributed by atoms with E-state index in [4.69, 9.17) is 0 Å². The molecule has 3 fully saturated rings. The third-order valence-electron chi connectivity index (χ3n) is 6.12. The maximum Gasteiger partial charge on any atom is 0.0309 e. The number of piperidine rings is 1. The summed E-state index contributed by atoms with van der Waals surface area (Å²) in [6, 6.07) is 12.1. The lowest BCUT2D eigenvalue weighted by molar-refractivity contribution is 0.188. The highest BCUT2D eigenvalue weighted by atomic mass is 32.2. The first kappa shape index (κ1) is 17.6. The van der Waals surface area contributed by atoms with E-state index in [0.717, 1.165) is 38.9 Å². The maximum atomic E-state index is 10.9. The first-order chi connectivity index (χ1) is 12.1. The van der Waals surface area contributed by atoms with Gasteiger partial charge >= 0.3 is 0 Å². The van der Waals surface area contributed by atoms with Gasteiger partial charge in [-0.25, -0.2) is 4.72 Å². The average Bonchev–Trinajstić information content (AvgIpc) is 3.53. The molecule has 2 saturated carbocycles. The lowest BCUT2D eigenvalue weighted by Gasteiger charge is -2.33. The second-order valence-corrected chi connectivity index (χ2v) is 8.68. The largest absolute Gasteiger partial charge is 0.760 e. The molecule has 1 aliphatic heterocycles. The van der Waals surface area contributed by atoms with Crippen LogP contribution in [0.25, 0.3) is 0 Å². The molecule has 1 heterocycles. The molecule has 0 aromatic heterocycles. The Morgan fingerprint density at radius 1 is 1.20 bits per heavy atom. The predicted molar refractivity (Wildman–Crippen MR) is 98.8 cm³/mol. The fourth-order valence-electron chi connectivity index (χ4n) is 4.18. The lowest BCUT2D eigenvalue weighted by Crippen LogP contribution is -2.45. The Labute approximate surface area is 153 Å². The van der Waals surface area contributed by atoms with Crippen molar-refractivity contribution < 1.29 is 8.76 Å². The Morgan fingerprint density at radius 3 is 2.56 bits per heavy atom. The zero-order chi connectivity index (χ0) is 17.3. The number of rotatable bonds is 8. The Morgan fingerprint density at radius 2 is 1.92 bits per heavy atom. The summed E-state index contributed by atoms with van der Waals surface area (Å²) in [6.45, 7) is 3.25. The topological polar surface area (TPSA) is 67.4 Å². The monoisotopic (exact) mass is 362 g/mol. The molecule has 0 bridgehead atoms. The standard InChI is InChI=1S/C19H29N3O2S/c23-25(24)21-19(8-9-19)10-13-22-11-6-16(7-12-22)20-18-14-17(18)15-4-2-1-3-5-15/h1-5,16-18,20-21H,6-14H2,(H,23,24)/p-1/t17-,18+/m0/s1. The number of hydrogen-bond donors (Lipinski definition) is 2. The molecule has 1 unspecified atom stereocenters. The molecule has 2 N–H and O–H groups in total. The van der Waals surface area contributed by atoms with Crippen LogP contribution in [0.5, 0.6) is 0 Å². The van der Waals surface area contributed by atoms with Gasteiger partial charge in [-0.05, 0) is 63.7 Å². The van der Waals surface area contributed by atoms with Gasteiger partial charge < -0.3 is 14.8 Å². The van der Waals surface area contributed by atoms with Gasteiger partial charge in [0.1, 0.15) is 0 Å². The Bertz CT molecular complexity index is 600. The Kier molecular flexibility index (Phi) is 5.25. The van der Waals surface area contributed by atoms with Crippen molar-refractivity contribution in [3.05, 3.63) is 35.9 Å². The molecule has 1 saturated heterocycles. The van der Waals surface area contributed by atoms with Crippen LogP contribution in [-0.2, 0) is 11.3 Å². The zero-order valence-electron chi connectivity index (χ0n) is 14.7. The Balaban J connectivity index is 1.15. The van der Waals surface area contributed by atoms with Gasteiger partial charge in [0, 0.05) is 34.8 Å². The van der Waals surface area contributed by atoms with E-state index in [9.17, 15) is 8.76 Å². The van der Waals surface area contributed by atoms with Crippen molar-refractivity contribution in [2.75, 3.05) is 19.6 Å². The molecule has 0 spiro atoms. The van der Waals surface area contributed by atoms with Crippen molar-refractivity contribution in [3.8, 4) is 0 Å². The summed E-state index contributed by atoms with van der Waals surface area (Å²) in [5, 5.41) is 3.85. The molecule has 6 heteroatoms. The molecule has 1 aromatic rings. The van der Waals surface area contributed by atoms with Crippen molar-refractivity contribution >= 4 is 11.3 Å². The molecule has 25 heavy (non-hydrogen) atoms. The van der Waals surface area contributed by atoms with Crippen molar-refractivity contribution in [1.29, 1.82) is 0 Å². The van der Waals surface area contributed by atoms with Gasteiger partial charge in [-0.3, -0.25) is 4.21 Å². The minimum absolute atomic E-state index is 0.126. The first-order valence-electron chi connectivity index (χ1n) is 9.54. The third kappa shape index (κ3) is 4.68. The Hall–Kier alpha value is -0.790. The number of nitrogens with one attached hydrogen (secondary N) is 2. The van der Waals surface area contributed by atoms with Crippen LogP contribution in [-0.4, -0.2) is 50.9 Å². The molecule has 5 nitrogen and oxygen atoms in total. The predicted octanol–water partition coefficient (Wildman–Crippen LogP) is 1.90. The van der Waals surface area contributed by atoms with Gasteiger partial charge in [-0.1, -0.05) is 30.3 Å². The summed E-state index contributed by atoms with van der Waals surface area (Å²) in [7, 11) is 0. The quantitative estimate of drug-likeness (QED) is 0.693. The summed E-state index contributed by atoms with van der Waals surface area (Å²) in [6.07, 6.45) is 6.59. The molecule has 0 amide bonds. The van der Waals surface area contributed by atoms with E-state index in [-0.39, 0.29) is 5.54 Å². The number of benzene rings is 1. The molecule has 1 aromatic carbocycles. The third-order valence-corrected chi connectivity index (χ3v) is 6.72. The van der Waals surface area contributed by atoms with Crippen molar-refractivity contribution in [1.82, 2.24) is 14.9 Å². The lowest BCUT2D eigenvalue weighted by atomic mass is 10.0. The van der Waals surface area contributed by atoms with Crippen LogP contribution in [0.2, 0.25) is 0 Å². The average molecular weight is 363 g/mol. The number of hydrogen-bond acceptors (Lipinski definition) is 4. The smallest absolute Gasteiger partial charge is 0.0309 e. The van der Waals surface area contributed by atoms with E-state index in [1.54, 1.807) is 0 Å². The van der Waals surface area contributed by atoms with Crippen LogP contribution < -0.4 is 10.0 Å². The molecule has 4 rings (SSSR count). The molecule has 2 aliphatic carbocycles. The van der Waals surface area contributed by atoms with E-state index in [1.165, 1.54) is 24.8 Å². The number of nitrogens with zero attached hydrogens (tertiary/aromatic N) is 1. The molecular formula is C19H28N3O2S-. The summed E-state index contributed by atoms with van der Waals surface area (Å²) >= 11 is -2.13. The molecule has 138 valence electrons. The van der Waals surface area contributed by atoms with Crippen LogP contribution in [0.15, 0.2) is 30.3 Å². The van der Waals surface area contributed by atoms with Crippen molar-refractivity contribution in [2.45, 2.75) is 62.1 Å². The second-order valence-electron chi connectivity index (χ2n) is 8.01. The van der Waals surface area contributed by atoms with Crippen molar-refractivity contribution in [3.63, 3.8) is 0 Å². The van der Waals surface area contributed by atoms with E-state index in [0.29, 0.717) is 18.0 Å². The maximum absolute atomic E-state index is 10.9. The van der Waals surface area contributed by atoms with E-state index >= 15 is 0 Å². The first-order valence-corrected chi connectivity index (χ1v) is 10.6. The fraction of sp³-hybridized carbons (Fsp3) is 0.684. The fourth-order valence-corrected chi connectivity index (χ4v) is 4.84. The second kappa shape index (κ2) is 7.45. The van der Waals surface area contributed by atoms with Crippen LogP contribution in [0.1, 0.15) is 50.0 Å². The number of likely N-dealkylation sites (tertiary alicyclic amines) is 1. The van der Waals surface area contributed by atoms with Crippen molar-refractivity contribution in [2.24, 2.45) is 0 Å². The summed E-state index contributed by atoms with van der Waals surface area (Å²) in [4.78, 5) is 2.50. The normalized spacial score (nSPS) is 30.1. The van der Waals surface area contributed by atoms with E-state index in [2.05, 4.69) is 45.3 Å². The minimum atomic E-state index is -2.13. The van der Waals surface area contributed by atoms with E-state index in [1.807, 2.05) is 0 Å². The van der Waals surface area contributed by atoms with Gasteiger partial charge in [0.25, 0.3) is 0 Å². The molecule has 3 atom stereocenters. The van der Waals surface area contributed by atoms with Crippen LogP contribution in [0.3, 0.4) is 0 Å². The van der Waals surface area contributed by atoms with Gasteiger partial charge in [-0.15, -0.1) is 0 Å². The zero-order valence-corrected chi connectivity index (χ0v) is 15.5. The summed E-state index contributed by atoms with van der Waals surface area (Å²) in [5.41, 5.74) is 1.34. The SMILES string of the molecule is O=S([O-])NC1(CCN2CCC(N[C@@H]3C[C@H]3c3ccccc3)CC2)CC1. The van der Waals surface area contributed by atoms with Crippen LogP contribution >= 0.6 is 0 Å². The minimum Gasteiger partial charge on any atom is -0.760 e. The van der Waals surface area contributed by atoms with Gasteiger partial charge in [0.2, 0.25) is 0 Å². The molecule has 0 radical (unpaired) electrons. The summed E-state index contributed by atoms with van der Waals surface area (Å²) < 4.78 is 24.4. The van der Waals surface area contributed by atoms with E-state index < -0.39 is 11.3 Å². The molecular weight excluding hydrogens is 334 g/mol. The van der Waals surface area contributed by atoms with Gasteiger partial charge in [0.05, 0.1) is 0 Å². The van der Waals surface area contributed by atoms with Crippen LogP contribution in [0, 0.1) is 0 Å². The van der Waals surface area contributed by atoms with Gasteiger partial charge in [0.15, 0.2) is 0 Å². The highest BCUT2D eigenvalue weighted by Crippen LogP contribution is 2.41. The van der Waals surface area contributed by atoms with Crippen LogP contribution in [0.4, 0.5) is 0 Å². The summed E-state index contributed by atoms with van der Waals surface area (Å²) in [5.74, 6) is 0.702. The highest BCUT2D eigenvalue weighted by Gasteiger charge is 2.43. The van der Waals surface area contributed by atoms with Gasteiger partial charge in [-0.2, -0.15) is 0 Å². The molecule has 3 aliphatic rings. The highest BCUT2D eigenvalue weighted by molar-refractivity contribution is 7.77.